The molecule has 1 atom stereocenters. The van der Waals surface area contributed by atoms with E-state index in [1.54, 1.807) is 43.3 Å². The van der Waals surface area contributed by atoms with Crippen LogP contribution in [0.5, 0.6) is 0 Å². The lowest BCUT2D eigenvalue weighted by Crippen LogP contribution is -2.37. The monoisotopic (exact) mass is 423 g/mol. The van der Waals surface area contributed by atoms with Crippen LogP contribution in [-0.2, 0) is 10.4 Å². The molecule has 1 heterocycles. The van der Waals surface area contributed by atoms with Gasteiger partial charge in [-0.15, -0.1) is 5.06 Å². The molecule has 1 aliphatic heterocycles. The van der Waals surface area contributed by atoms with Gasteiger partial charge in [-0.25, -0.2) is 0 Å². The minimum absolute atomic E-state index is 0.209. The fourth-order valence-corrected chi connectivity index (χ4v) is 2.73. The Balaban J connectivity index is 1.75. The van der Waals surface area contributed by atoms with Crippen molar-refractivity contribution in [2.75, 3.05) is 6.61 Å². The van der Waals surface area contributed by atoms with Gasteiger partial charge in [-0.1, -0.05) is 24.3 Å². The standard InChI is InChI=1S/C17H14INO4/c1-17(22,11-6-8-12(18)9-7-11)10-23-19-15(20)13-4-2-3-5-14(13)16(19)21/h2-9,22H,10H2,1H3. The van der Waals surface area contributed by atoms with Gasteiger partial charge in [0.1, 0.15) is 12.2 Å². The van der Waals surface area contributed by atoms with Crippen LogP contribution in [0.4, 0.5) is 0 Å². The van der Waals surface area contributed by atoms with Gasteiger partial charge in [-0.2, -0.15) is 0 Å². The van der Waals surface area contributed by atoms with Crippen LogP contribution in [-0.4, -0.2) is 28.6 Å². The Kier molecular flexibility index (Phi) is 4.22. The molecule has 23 heavy (non-hydrogen) atoms. The molecule has 1 aliphatic rings. The van der Waals surface area contributed by atoms with Gasteiger partial charge in [-0.3, -0.25) is 14.4 Å². The summed E-state index contributed by atoms with van der Waals surface area (Å²) in [6.07, 6.45) is 0. The Labute approximate surface area is 147 Å². The minimum Gasteiger partial charge on any atom is -0.383 e. The van der Waals surface area contributed by atoms with E-state index in [9.17, 15) is 14.7 Å². The third-order valence-corrected chi connectivity index (χ3v) is 4.42. The predicted molar refractivity (Wildman–Crippen MR) is 91.6 cm³/mol. The highest BCUT2D eigenvalue weighted by atomic mass is 127. The molecule has 0 aliphatic carbocycles. The van der Waals surface area contributed by atoms with E-state index in [1.165, 1.54) is 0 Å². The fraction of sp³-hybridized carbons (Fsp3) is 0.176. The molecule has 0 spiro atoms. The molecule has 0 saturated carbocycles. The Hall–Kier alpha value is -1.77. The lowest BCUT2D eigenvalue weighted by Gasteiger charge is -2.25. The second-order valence-electron chi connectivity index (χ2n) is 5.50. The zero-order valence-corrected chi connectivity index (χ0v) is 14.5. The normalized spacial score (nSPS) is 16.4. The summed E-state index contributed by atoms with van der Waals surface area (Å²) < 4.78 is 1.04. The molecule has 5 nitrogen and oxygen atoms in total. The largest absolute Gasteiger partial charge is 0.383 e. The zero-order chi connectivity index (χ0) is 16.6. The van der Waals surface area contributed by atoms with Crippen molar-refractivity contribution < 1.29 is 19.5 Å². The summed E-state index contributed by atoms with van der Waals surface area (Å²) in [6, 6.07) is 13.8. The molecule has 1 unspecified atom stereocenters. The van der Waals surface area contributed by atoms with E-state index >= 15 is 0 Å². The van der Waals surface area contributed by atoms with Crippen LogP contribution in [0, 0.1) is 3.57 Å². The summed E-state index contributed by atoms with van der Waals surface area (Å²) in [5, 5.41) is 11.3. The SMILES string of the molecule is CC(O)(CON1C(=O)c2ccccc2C1=O)c1ccc(I)cc1. The first-order valence-corrected chi connectivity index (χ1v) is 8.07. The van der Waals surface area contributed by atoms with E-state index in [0.717, 1.165) is 3.57 Å². The van der Waals surface area contributed by atoms with Gasteiger partial charge in [-0.05, 0) is 59.3 Å². The average Bonchev–Trinajstić information content (AvgIpc) is 2.78. The Morgan fingerprint density at radius 1 is 1.04 bits per heavy atom. The number of imide groups is 1. The number of hydrogen-bond donors (Lipinski definition) is 1. The number of amides is 2. The van der Waals surface area contributed by atoms with E-state index < -0.39 is 17.4 Å². The Morgan fingerprint density at radius 3 is 2.09 bits per heavy atom. The highest BCUT2D eigenvalue weighted by Crippen LogP contribution is 2.26. The molecule has 6 heteroatoms. The van der Waals surface area contributed by atoms with Gasteiger partial charge in [0.05, 0.1) is 11.1 Å². The molecule has 2 aromatic rings. The highest BCUT2D eigenvalue weighted by Gasteiger charge is 2.38. The third kappa shape index (κ3) is 3.01. The molecule has 0 saturated heterocycles. The van der Waals surface area contributed by atoms with Crippen LogP contribution in [0.2, 0.25) is 0 Å². The molecule has 2 amide bonds. The van der Waals surface area contributed by atoms with Crippen molar-refractivity contribution in [1.29, 1.82) is 0 Å². The number of hydrogen-bond acceptors (Lipinski definition) is 4. The lowest BCUT2D eigenvalue weighted by atomic mass is 9.97. The van der Waals surface area contributed by atoms with Gasteiger partial charge in [0.2, 0.25) is 0 Å². The number of aliphatic hydroxyl groups is 1. The summed E-state index contributed by atoms with van der Waals surface area (Å²) in [5.41, 5.74) is -0.0491. The van der Waals surface area contributed by atoms with Crippen LogP contribution < -0.4 is 0 Å². The summed E-state index contributed by atoms with van der Waals surface area (Å²) in [6.45, 7) is 1.37. The van der Waals surface area contributed by atoms with Crippen molar-refractivity contribution in [2.24, 2.45) is 0 Å². The van der Waals surface area contributed by atoms with Crippen molar-refractivity contribution in [3.63, 3.8) is 0 Å². The zero-order valence-electron chi connectivity index (χ0n) is 12.3. The molecule has 118 valence electrons. The van der Waals surface area contributed by atoms with Crippen molar-refractivity contribution in [3.05, 3.63) is 68.8 Å². The maximum absolute atomic E-state index is 12.2. The smallest absolute Gasteiger partial charge is 0.285 e. The number of fused-ring (bicyclic) bond motifs is 1. The topological polar surface area (TPSA) is 66.8 Å². The van der Waals surface area contributed by atoms with Crippen LogP contribution in [0.25, 0.3) is 0 Å². The molecule has 0 aromatic heterocycles. The molecule has 0 bridgehead atoms. The number of benzene rings is 2. The first-order valence-electron chi connectivity index (χ1n) is 6.99. The Morgan fingerprint density at radius 2 is 1.57 bits per heavy atom. The first-order chi connectivity index (χ1) is 10.9. The second kappa shape index (κ2) is 6.03. The molecule has 0 fully saturated rings. The summed E-state index contributed by atoms with van der Waals surface area (Å²) in [5.74, 6) is -1.02. The van der Waals surface area contributed by atoms with Gasteiger partial charge in [0.15, 0.2) is 0 Å². The number of carbonyl (C=O) groups excluding carboxylic acids is 2. The van der Waals surface area contributed by atoms with Crippen LogP contribution in [0.3, 0.4) is 0 Å². The van der Waals surface area contributed by atoms with E-state index in [1.807, 2.05) is 12.1 Å². The van der Waals surface area contributed by atoms with Gasteiger partial charge < -0.3 is 5.11 Å². The molecular weight excluding hydrogens is 409 g/mol. The van der Waals surface area contributed by atoms with Crippen LogP contribution in [0.1, 0.15) is 33.2 Å². The first kappa shape index (κ1) is 16.1. The lowest BCUT2D eigenvalue weighted by molar-refractivity contribution is -0.144. The quantitative estimate of drug-likeness (QED) is 0.607. The van der Waals surface area contributed by atoms with E-state index in [-0.39, 0.29) is 6.61 Å². The van der Waals surface area contributed by atoms with Crippen molar-refractivity contribution in [1.82, 2.24) is 5.06 Å². The number of rotatable bonds is 4. The molecule has 3 rings (SSSR count). The van der Waals surface area contributed by atoms with E-state index in [2.05, 4.69) is 22.6 Å². The van der Waals surface area contributed by atoms with Crippen molar-refractivity contribution in [3.8, 4) is 0 Å². The molecule has 1 N–H and O–H groups in total. The third-order valence-electron chi connectivity index (χ3n) is 3.70. The summed E-state index contributed by atoms with van der Waals surface area (Å²) in [4.78, 5) is 29.7. The van der Waals surface area contributed by atoms with Crippen LogP contribution >= 0.6 is 22.6 Å². The number of hydroxylamine groups is 2. The number of nitrogens with zero attached hydrogens (tertiary/aromatic N) is 1. The van der Waals surface area contributed by atoms with Gasteiger partial charge in [0, 0.05) is 3.57 Å². The van der Waals surface area contributed by atoms with E-state index in [4.69, 9.17) is 4.84 Å². The average molecular weight is 423 g/mol. The van der Waals surface area contributed by atoms with Crippen LogP contribution in [0.15, 0.2) is 48.5 Å². The molecule has 0 radical (unpaired) electrons. The fourth-order valence-electron chi connectivity index (χ4n) is 2.37. The summed E-state index contributed by atoms with van der Waals surface area (Å²) in [7, 11) is 0. The van der Waals surface area contributed by atoms with E-state index in [0.29, 0.717) is 21.8 Å². The van der Waals surface area contributed by atoms with Gasteiger partial charge >= 0.3 is 0 Å². The molecular formula is C17H14INO4. The van der Waals surface area contributed by atoms with Gasteiger partial charge in [0.25, 0.3) is 11.8 Å². The van der Waals surface area contributed by atoms with Crippen molar-refractivity contribution >= 4 is 34.4 Å². The number of carbonyl (C=O) groups is 2. The minimum atomic E-state index is -1.32. The predicted octanol–water partition coefficient (Wildman–Crippen LogP) is 2.73. The van der Waals surface area contributed by atoms with Crippen molar-refractivity contribution in [2.45, 2.75) is 12.5 Å². The Bertz CT molecular complexity index is 735. The number of halogens is 1. The molecule has 2 aromatic carbocycles. The maximum atomic E-state index is 12.2. The second-order valence-corrected chi connectivity index (χ2v) is 6.75. The highest BCUT2D eigenvalue weighted by molar-refractivity contribution is 14.1. The summed E-state index contributed by atoms with van der Waals surface area (Å²) >= 11 is 2.17. The maximum Gasteiger partial charge on any atom is 0.285 e.